The van der Waals surface area contributed by atoms with Crippen molar-refractivity contribution in [1.82, 2.24) is 9.80 Å². The van der Waals surface area contributed by atoms with E-state index < -0.39 is 24.2 Å². The third-order valence-corrected chi connectivity index (χ3v) is 4.94. The van der Waals surface area contributed by atoms with Crippen LogP contribution in [-0.4, -0.2) is 73.2 Å². The number of hydrogen-bond acceptors (Lipinski definition) is 4. The zero-order chi connectivity index (χ0) is 18.0. The highest BCUT2D eigenvalue weighted by atomic mass is 19.4. The molecule has 2 rings (SSSR count). The lowest BCUT2D eigenvalue weighted by Gasteiger charge is -2.39. The number of alkyl halides is 3. The number of halogens is 3. The quantitative estimate of drug-likeness (QED) is 0.793. The maximum absolute atomic E-state index is 12.8. The number of nitrogens with zero attached hydrogens (tertiary/aromatic N) is 2. The predicted octanol–water partition coefficient (Wildman–Crippen LogP) is 0.754. The van der Waals surface area contributed by atoms with Crippen LogP contribution in [0.4, 0.5) is 13.2 Å². The van der Waals surface area contributed by atoms with Crippen LogP contribution in [-0.2, 0) is 14.3 Å². The van der Waals surface area contributed by atoms with E-state index in [2.05, 4.69) is 0 Å². The van der Waals surface area contributed by atoms with Gasteiger partial charge in [0.1, 0.15) is 5.54 Å². The Hall–Kier alpha value is -1.35. The number of hydrogen-bond donors (Lipinski definition) is 1. The van der Waals surface area contributed by atoms with Gasteiger partial charge in [0.05, 0.1) is 13.2 Å². The summed E-state index contributed by atoms with van der Waals surface area (Å²) in [6.07, 6.45) is -2.41. The highest BCUT2D eigenvalue weighted by molar-refractivity contribution is 5.92. The Balaban J connectivity index is 2.00. The summed E-state index contributed by atoms with van der Waals surface area (Å²) in [6.45, 7) is -0.0450. The third kappa shape index (κ3) is 4.00. The maximum Gasteiger partial charge on any atom is 0.401 e. The van der Waals surface area contributed by atoms with Crippen molar-refractivity contribution in [2.45, 2.75) is 37.4 Å². The summed E-state index contributed by atoms with van der Waals surface area (Å²) in [7, 11) is 1.45. The fraction of sp³-hybridized carbons (Fsp3) is 0.867. The number of methoxy groups -OCH3 is 1. The minimum absolute atomic E-state index is 0.0427. The summed E-state index contributed by atoms with van der Waals surface area (Å²) in [5, 5.41) is 0. The Bertz CT molecular complexity index is 478. The third-order valence-electron chi connectivity index (χ3n) is 4.94. The van der Waals surface area contributed by atoms with Crippen LogP contribution in [0.25, 0.3) is 0 Å². The lowest BCUT2D eigenvalue weighted by molar-refractivity contribution is -0.155. The average molecular weight is 351 g/mol. The largest absolute Gasteiger partial charge is 0.401 e. The van der Waals surface area contributed by atoms with Crippen molar-refractivity contribution in [2.24, 2.45) is 11.7 Å². The number of likely N-dealkylation sites (tertiary alicyclic amines) is 2. The van der Waals surface area contributed by atoms with Crippen LogP contribution in [0.3, 0.4) is 0 Å². The van der Waals surface area contributed by atoms with Gasteiger partial charge in [-0.15, -0.1) is 0 Å². The number of carbonyl (C=O) groups is 2. The smallest absolute Gasteiger partial charge is 0.382 e. The van der Waals surface area contributed by atoms with E-state index in [0.717, 1.165) is 0 Å². The highest BCUT2D eigenvalue weighted by Crippen LogP contribution is 2.33. The number of piperidine rings is 1. The lowest BCUT2D eigenvalue weighted by atomic mass is 9.91. The van der Waals surface area contributed by atoms with Crippen molar-refractivity contribution in [3.8, 4) is 0 Å². The van der Waals surface area contributed by atoms with Gasteiger partial charge in [-0.1, -0.05) is 0 Å². The van der Waals surface area contributed by atoms with E-state index in [-0.39, 0.29) is 31.5 Å². The molecular formula is C15H24F3N3O3. The van der Waals surface area contributed by atoms with Gasteiger partial charge in [-0.25, -0.2) is 0 Å². The van der Waals surface area contributed by atoms with Crippen molar-refractivity contribution in [2.75, 3.05) is 39.9 Å². The lowest BCUT2D eigenvalue weighted by Crippen LogP contribution is -2.60. The molecule has 2 amide bonds. The molecule has 1 unspecified atom stereocenters. The van der Waals surface area contributed by atoms with Gasteiger partial charge in [0.15, 0.2) is 0 Å². The van der Waals surface area contributed by atoms with Gasteiger partial charge in [0.2, 0.25) is 11.8 Å². The van der Waals surface area contributed by atoms with Crippen molar-refractivity contribution < 1.29 is 27.5 Å². The first-order valence-corrected chi connectivity index (χ1v) is 8.09. The van der Waals surface area contributed by atoms with Crippen LogP contribution in [0.2, 0.25) is 0 Å². The molecule has 2 aliphatic heterocycles. The van der Waals surface area contributed by atoms with Crippen molar-refractivity contribution in [3.63, 3.8) is 0 Å². The summed E-state index contributed by atoms with van der Waals surface area (Å²) in [6, 6.07) is 0. The molecule has 24 heavy (non-hydrogen) atoms. The Morgan fingerprint density at radius 2 is 1.88 bits per heavy atom. The van der Waals surface area contributed by atoms with Crippen LogP contribution in [0.5, 0.6) is 0 Å². The number of carbonyl (C=O) groups excluding carboxylic acids is 2. The van der Waals surface area contributed by atoms with Crippen molar-refractivity contribution >= 4 is 11.8 Å². The van der Waals surface area contributed by atoms with Gasteiger partial charge >= 0.3 is 6.18 Å². The molecular weight excluding hydrogens is 327 g/mol. The molecule has 0 aromatic carbocycles. The molecule has 0 aromatic rings. The fourth-order valence-corrected chi connectivity index (χ4v) is 3.73. The number of ether oxygens (including phenoxy) is 1. The molecule has 2 heterocycles. The SMILES string of the molecule is COCC1(C(N)=O)CCCN1C(=O)C1CCN(CC(F)(F)F)CC1. The molecule has 0 aliphatic carbocycles. The molecule has 2 aliphatic rings. The first kappa shape index (κ1) is 19.0. The van der Waals surface area contributed by atoms with E-state index >= 15 is 0 Å². The van der Waals surface area contributed by atoms with Crippen molar-refractivity contribution in [1.29, 1.82) is 0 Å². The molecule has 0 saturated carbocycles. The Labute approximate surface area is 139 Å². The molecule has 1 atom stereocenters. The highest BCUT2D eigenvalue weighted by Gasteiger charge is 2.50. The maximum atomic E-state index is 12.8. The number of primary amides is 1. The first-order chi connectivity index (χ1) is 11.2. The average Bonchev–Trinajstić information content (AvgIpc) is 2.91. The summed E-state index contributed by atoms with van der Waals surface area (Å²) < 4.78 is 42.4. The van der Waals surface area contributed by atoms with Crippen LogP contribution in [0.1, 0.15) is 25.7 Å². The summed E-state index contributed by atoms with van der Waals surface area (Å²) >= 11 is 0. The van der Waals surface area contributed by atoms with Gasteiger partial charge in [0.25, 0.3) is 0 Å². The zero-order valence-electron chi connectivity index (χ0n) is 13.8. The molecule has 2 saturated heterocycles. The van der Waals surface area contributed by atoms with Gasteiger partial charge in [-0.3, -0.25) is 14.5 Å². The summed E-state index contributed by atoms with van der Waals surface area (Å²) in [5.41, 5.74) is 4.39. The summed E-state index contributed by atoms with van der Waals surface area (Å²) in [5.74, 6) is -1.16. The topological polar surface area (TPSA) is 75.9 Å². The monoisotopic (exact) mass is 351 g/mol. The predicted molar refractivity (Wildman–Crippen MR) is 80.0 cm³/mol. The van der Waals surface area contributed by atoms with Crippen LogP contribution >= 0.6 is 0 Å². The van der Waals surface area contributed by atoms with Gasteiger partial charge in [-0.05, 0) is 38.8 Å². The Morgan fingerprint density at radius 1 is 1.25 bits per heavy atom. The number of nitrogens with two attached hydrogens (primary N) is 1. The second-order valence-electron chi connectivity index (χ2n) is 6.59. The molecule has 0 bridgehead atoms. The Morgan fingerprint density at radius 3 is 2.38 bits per heavy atom. The summed E-state index contributed by atoms with van der Waals surface area (Å²) in [4.78, 5) is 27.5. The van der Waals surface area contributed by atoms with Crippen LogP contribution < -0.4 is 5.73 Å². The van der Waals surface area contributed by atoms with E-state index in [1.165, 1.54) is 16.9 Å². The second kappa shape index (κ2) is 7.26. The normalized spacial score (nSPS) is 26.8. The van der Waals surface area contributed by atoms with Gasteiger partial charge < -0.3 is 15.4 Å². The minimum Gasteiger partial charge on any atom is -0.382 e. The molecule has 0 aromatic heterocycles. The molecule has 9 heteroatoms. The fourth-order valence-electron chi connectivity index (χ4n) is 3.73. The van der Waals surface area contributed by atoms with E-state index in [1.54, 1.807) is 0 Å². The standard InChI is InChI=1S/C15H24F3N3O3/c1-24-10-14(13(19)23)5-2-6-21(14)12(22)11-3-7-20(8-4-11)9-15(16,17)18/h11H,2-10H2,1H3,(H2,19,23). The van der Waals surface area contributed by atoms with Crippen molar-refractivity contribution in [3.05, 3.63) is 0 Å². The molecule has 6 nitrogen and oxygen atoms in total. The molecule has 2 fully saturated rings. The first-order valence-electron chi connectivity index (χ1n) is 8.09. The zero-order valence-corrected chi connectivity index (χ0v) is 13.8. The van der Waals surface area contributed by atoms with Gasteiger partial charge in [-0.2, -0.15) is 13.2 Å². The van der Waals surface area contributed by atoms with Crippen LogP contribution in [0, 0.1) is 5.92 Å². The molecule has 138 valence electrons. The van der Waals surface area contributed by atoms with Gasteiger partial charge in [0, 0.05) is 19.6 Å². The molecule has 2 N–H and O–H groups in total. The molecule has 0 spiro atoms. The van der Waals surface area contributed by atoms with E-state index in [9.17, 15) is 22.8 Å². The minimum atomic E-state index is -4.23. The van der Waals surface area contributed by atoms with E-state index in [1.807, 2.05) is 0 Å². The number of amides is 2. The Kier molecular flexibility index (Phi) is 5.74. The molecule has 0 radical (unpaired) electrons. The van der Waals surface area contributed by atoms with E-state index in [4.69, 9.17) is 10.5 Å². The van der Waals surface area contributed by atoms with Crippen LogP contribution in [0.15, 0.2) is 0 Å². The number of rotatable bonds is 5. The second-order valence-corrected chi connectivity index (χ2v) is 6.59. The van der Waals surface area contributed by atoms with E-state index in [0.29, 0.717) is 32.2 Å².